The van der Waals surface area contributed by atoms with Gasteiger partial charge in [0.1, 0.15) is 56.5 Å². The van der Waals surface area contributed by atoms with E-state index in [-0.39, 0.29) is 53.0 Å². The van der Waals surface area contributed by atoms with E-state index < -0.39 is 16.8 Å². The lowest BCUT2D eigenvalue weighted by Gasteiger charge is -2.38. The van der Waals surface area contributed by atoms with E-state index in [2.05, 4.69) is 161 Å². The van der Waals surface area contributed by atoms with E-state index in [0.717, 1.165) is 148 Å². The minimum Gasteiger partial charge on any atom is -0.496 e. The van der Waals surface area contributed by atoms with Gasteiger partial charge in [0.15, 0.2) is 5.60 Å². The number of ether oxygens (including phenoxy) is 7. The number of nitrogens with zero attached hydrogens (tertiary/aromatic N) is 9. The molecule has 1 saturated heterocycles. The number of thiazole rings is 1. The molecule has 8 aromatic rings. The zero-order valence-electron chi connectivity index (χ0n) is 86.5. The monoisotopic (exact) mass is 1860 g/mol. The maximum absolute atomic E-state index is 14.4. The number of carbonyl (C=O) groups is 6. The van der Waals surface area contributed by atoms with Crippen LogP contribution in [0.3, 0.4) is 0 Å². The molecule has 6 amide bonds. The normalized spacial score (nSPS) is 15.6. The Labute approximate surface area is 802 Å². The molecule has 0 bridgehead atoms. The number of anilines is 1. The number of piperazine rings is 1. The highest BCUT2D eigenvalue weighted by atomic mass is 32.1. The van der Waals surface area contributed by atoms with Crippen LogP contribution in [-0.4, -0.2) is 192 Å². The number of amides is 6. The summed E-state index contributed by atoms with van der Waals surface area (Å²) in [7, 11) is 19.3. The summed E-state index contributed by atoms with van der Waals surface area (Å²) < 4.78 is 52.6. The number of halogens is 1. The number of likely N-dealkylation sites (N-methyl/N-ethyl adjacent to an activating group) is 2. The number of methoxy groups -OCH3 is 6. The van der Waals surface area contributed by atoms with Crippen molar-refractivity contribution in [2.45, 2.75) is 269 Å². The molecule has 0 radical (unpaired) electrons. The van der Waals surface area contributed by atoms with Crippen LogP contribution >= 0.6 is 11.3 Å². The Kier molecular flexibility index (Phi) is 37.9. The van der Waals surface area contributed by atoms with Gasteiger partial charge in [-0.2, -0.15) is 5.26 Å². The zero-order chi connectivity index (χ0) is 99.9. The highest BCUT2D eigenvalue weighted by Gasteiger charge is 2.41. The van der Waals surface area contributed by atoms with Crippen molar-refractivity contribution in [2.24, 2.45) is 0 Å². The number of nitriles is 1. The van der Waals surface area contributed by atoms with Gasteiger partial charge < -0.3 is 72.8 Å². The molecule has 0 saturated carbocycles. The molecule has 7 aliphatic rings. The molecule has 134 heavy (non-hydrogen) atoms. The minimum absolute atomic E-state index is 0.0562. The van der Waals surface area contributed by atoms with E-state index in [9.17, 15) is 33.2 Å². The second kappa shape index (κ2) is 46.9. The Morgan fingerprint density at radius 1 is 0.522 bits per heavy atom. The summed E-state index contributed by atoms with van der Waals surface area (Å²) >= 11 is 1.67. The van der Waals surface area contributed by atoms with Crippen molar-refractivity contribution in [3.8, 4) is 46.3 Å². The van der Waals surface area contributed by atoms with Crippen LogP contribution in [0.15, 0.2) is 91.0 Å². The van der Waals surface area contributed by atoms with E-state index in [1.807, 2.05) is 111 Å². The number of fused-ring (bicyclic) bond motifs is 6. The van der Waals surface area contributed by atoms with Crippen molar-refractivity contribution >= 4 is 52.5 Å². The van der Waals surface area contributed by atoms with Gasteiger partial charge in [-0.3, -0.25) is 28.8 Å². The third-order valence-electron chi connectivity index (χ3n) is 25.5. The van der Waals surface area contributed by atoms with E-state index in [1.165, 1.54) is 67.1 Å². The molecule has 1 N–H and O–H groups in total. The topological polar surface area (TPSA) is 238 Å². The summed E-state index contributed by atoms with van der Waals surface area (Å²) in [6.45, 7) is 55.1. The first-order valence-electron chi connectivity index (χ1n) is 47.0. The van der Waals surface area contributed by atoms with Crippen molar-refractivity contribution in [1.82, 2.24) is 39.7 Å². The molecule has 0 spiro atoms. The number of hydrogen-bond acceptors (Lipinski definition) is 18. The highest BCUT2D eigenvalue weighted by Crippen LogP contribution is 2.45. The number of benzene rings is 7. The predicted octanol–water partition coefficient (Wildman–Crippen LogP) is 21.5. The molecule has 7 aliphatic heterocycles. The van der Waals surface area contributed by atoms with Gasteiger partial charge in [0, 0.05) is 133 Å². The maximum Gasteiger partial charge on any atom is 0.270 e. The Balaban J connectivity index is 0.000000189. The standard InChI is InChI=1S/C17H25FN2O2.C15H21NO3.C15H21NO2.2C13H17NO2.C13H19NO.C12H15NO.C11H16N2S/c1-11(2)13-8-15(18)14(9-16(13)22-5)17(21)20-7-6-19(4)10-12(20)3;1-9(2)10-7-13-11(8-12(10)18-6)16(5)14(17)15(3,4)19-13;1-10(2)14-7-12-5-6-16(11(3)17)9-13(12)8-15(14)18-4;1-8(2)10-6-11-9(5-12(10)16-4)7-14(3)13(11)15;1-8(2)10-5-9-7-14(3)13(15)11(9)6-12(10)16-4;1-9(2)12-6-10-4-5-14-8-11(10)7-13(12)15-3;1-8(2)9-4-5-11-10(6-9)7-13(3)12(11)14;1-7(2)9-8(3)13-10(14-9)11(4,5)6-12/h8-9,11-12H,6-7,10H2,1-5H3;7-9H,1-6H3;7-8,10H,5-6,9H2,1-4H3;2*5-6,8H,7H2,1-4H3;6-7,9,14H,4-5,8H2,1-3H3;4-6,8H,7H2,1-3H3;7H,1-5H3. The smallest absolute Gasteiger partial charge is 0.270 e. The van der Waals surface area contributed by atoms with Crippen LogP contribution < -0.4 is 43.4 Å². The Morgan fingerprint density at radius 3 is 1.43 bits per heavy atom. The molecule has 1 unspecified atom stereocenters. The van der Waals surface area contributed by atoms with Gasteiger partial charge in [-0.05, 0) is 248 Å². The number of rotatable bonds is 16. The molecule has 23 nitrogen and oxygen atoms in total. The van der Waals surface area contributed by atoms with Gasteiger partial charge in [0.2, 0.25) is 5.91 Å². The Bertz CT molecular complexity index is 5550. The lowest BCUT2D eigenvalue weighted by atomic mass is 9.92. The lowest BCUT2D eigenvalue weighted by Crippen LogP contribution is -2.52. The van der Waals surface area contributed by atoms with Crippen molar-refractivity contribution in [2.75, 3.05) is 116 Å². The van der Waals surface area contributed by atoms with Crippen molar-refractivity contribution in [3.63, 3.8) is 0 Å². The third kappa shape index (κ3) is 25.9. The lowest BCUT2D eigenvalue weighted by molar-refractivity contribution is -0.132. The summed E-state index contributed by atoms with van der Waals surface area (Å²) in [6.07, 6.45) is 2.08. The molecule has 1 fully saturated rings. The molecule has 728 valence electrons. The summed E-state index contributed by atoms with van der Waals surface area (Å²) in [6, 6.07) is 32.1. The number of hydrogen-bond donors (Lipinski definition) is 1. The van der Waals surface area contributed by atoms with Crippen LogP contribution in [0.4, 0.5) is 10.1 Å². The first-order chi connectivity index (χ1) is 62.9. The first kappa shape index (κ1) is 108. The van der Waals surface area contributed by atoms with Gasteiger partial charge in [0.25, 0.3) is 29.5 Å². The molecule has 7 aromatic carbocycles. The van der Waals surface area contributed by atoms with E-state index in [0.29, 0.717) is 73.4 Å². The minimum atomic E-state index is -0.829. The fourth-order valence-electron chi connectivity index (χ4n) is 17.4. The van der Waals surface area contributed by atoms with Gasteiger partial charge in [0.05, 0.1) is 65.7 Å². The average molecular weight is 1860 g/mol. The second-order valence-electron chi connectivity index (χ2n) is 39.4. The van der Waals surface area contributed by atoms with Crippen molar-refractivity contribution in [1.29, 1.82) is 5.26 Å². The number of aromatic nitrogens is 1. The molecule has 1 aromatic heterocycles. The number of aryl methyl sites for hydroxylation is 1. The van der Waals surface area contributed by atoms with Gasteiger partial charge in [-0.1, -0.05) is 135 Å². The molecule has 1 atom stereocenters. The van der Waals surface area contributed by atoms with Crippen LogP contribution in [0.1, 0.15) is 335 Å². The Hall–Kier alpha value is -11.1. The fourth-order valence-corrected chi connectivity index (χ4v) is 18.5. The largest absolute Gasteiger partial charge is 0.496 e. The van der Waals surface area contributed by atoms with Crippen molar-refractivity contribution < 1.29 is 66.3 Å². The molecule has 0 aliphatic carbocycles. The highest BCUT2D eigenvalue weighted by molar-refractivity contribution is 7.12. The van der Waals surface area contributed by atoms with Crippen LogP contribution in [0, 0.1) is 24.1 Å². The van der Waals surface area contributed by atoms with Crippen LogP contribution in [0.25, 0.3) is 0 Å². The first-order valence-corrected chi connectivity index (χ1v) is 47.9. The van der Waals surface area contributed by atoms with Crippen LogP contribution in [-0.2, 0) is 60.6 Å². The van der Waals surface area contributed by atoms with Crippen molar-refractivity contribution in [3.05, 3.63) is 213 Å². The molecular formula is C109H151FN10O13S. The van der Waals surface area contributed by atoms with E-state index >= 15 is 0 Å². The van der Waals surface area contributed by atoms with Gasteiger partial charge in [-0.25, -0.2) is 9.37 Å². The maximum atomic E-state index is 14.4. The molecule has 15 rings (SSSR count). The molecular weight excluding hydrogens is 1710 g/mol. The summed E-state index contributed by atoms with van der Waals surface area (Å²) in [5, 5.41) is 13.3. The Morgan fingerprint density at radius 2 is 0.955 bits per heavy atom. The van der Waals surface area contributed by atoms with Crippen LogP contribution in [0.5, 0.6) is 40.2 Å². The summed E-state index contributed by atoms with van der Waals surface area (Å²) in [5.74, 6) is 8.71. The van der Waals surface area contributed by atoms with Crippen LogP contribution in [0.2, 0.25) is 0 Å². The summed E-state index contributed by atoms with van der Waals surface area (Å²) in [5.41, 5.74) is 20.0. The SMILES string of the molecule is CC(C)c1ccc2c(c1)CN(C)C2=O.COc1cc(C(=O)N2CCN(C)CC2C)c(F)cc1C(C)C.COc1cc2c(cc1C(C)C)C(=O)N(C)C2.COc1cc2c(cc1C(C)C)CCN(C(C)=O)C2.COc1cc2c(cc1C(C)C)CCNC2.COc1cc2c(cc1C(C)C)CN(C)C2=O.COc1cc2c(cc1C(C)C)OC(C)(C)C(=O)N2C.Cc1nc(C(C)(C)C#N)sc1C(C)C. The van der Waals surface area contributed by atoms with E-state index in [1.54, 1.807) is 106 Å². The summed E-state index contributed by atoms with van der Waals surface area (Å²) in [4.78, 5) is 90.0. The zero-order valence-corrected chi connectivity index (χ0v) is 87.3. The fraction of sp³-hybridized carbons (Fsp3) is 0.523. The molecule has 8 heterocycles. The number of carbonyl (C=O) groups excluding carboxylic acids is 6. The molecule has 25 heteroatoms. The third-order valence-corrected chi connectivity index (χ3v) is 27.3. The quantitative estimate of drug-likeness (QED) is 0.0946. The average Bonchev–Trinajstić information content (AvgIpc) is 0.872. The van der Waals surface area contributed by atoms with Gasteiger partial charge in [-0.15, -0.1) is 11.3 Å². The van der Waals surface area contributed by atoms with Gasteiger partial charge >= 0.3 is 0 Å². The predicted molar refractivity (Wildman–Crippen MR) is 536 cm³/mol. The second-order valence-corrected chi connectivity index (χ2v) is 40.4. The van der Waals surface area contributed by atoms with E-state index in [4.69, 9.17) is 38.4 Å². The number of nitrogens with one attached hydrogen (secondary N) is 1.